The van der Waals surface area contributed by atoms with E-state index < -0.39 is 48.1 Å². The number of alkyl halides is 10. The topological polar surface area (TPSA) is 102 Å². The van der Waals surface area contributed by atoms with Crippen LogP contribution in [0.5, 0.6) is 0 Å². The number of nitrogens with zero attached hydrogens (tertiary/aromatic N) is 1. The summed E-state index contributed by atoms with van der Waals surface area (Å²) >= 11 is 12.1. The maximum absolute atomic E-state index is 13.4. The van der Waals surface area contributed by atoms with Crippen molar-refractivity contribution < 1.29 is 62.6 Å². The molecule has 0 aliphatic carbocycles. The van der Waals surface area contributed by atoms with Crippen molar-refractivity contribution in [2.75, 3.05) is 11.5 Å². The van der Waals surface area contributed by atoms with Crippen LogP contribution in [0.2, 0.25) is 10.0 Å². The second-order valence-corrected chi connectivity index (χ2v) is 10.9. The lowest BCUT2D eigenvalue weighted by atomic mass is 9.99. The van der Waals surface area contributed by atoms with Gasteiger partial charge in [-0.2, -0.15) is 43.9 Å². The number of halogens is 14. The molecule has 4 aromatic rings. The Hall–Kier alpha value is -4.64. The Labute approximate surface area is 283 Å². The van der Waals surface area contributed by atoms with Gasteiger partial charge in [-0.05, 0) is 65.2 Å². The maximum atomic E-state index is 13.4. The van der Waals surface area contributed by atoms with E-state index in [1.54, 1.807) is 24.3 Å². The van der Waals surface area contributed by atoms with Crippen LogP contribution in [0.3, 0.4) is 0 Å². The van der Waals surface area contributed by atoms with E-state index in [-0.39, 0.29) is 22.1 Å². The van der Waals surface area contributed by atoms with Crippen molar-refractivity contribution in [2.24, 2.45) is 4.99 Å². The highest BCUT2D eigenvalue weighted by Crippen LogP contribution is 2.44. The first-order valence-corrected chi connectivity index (χ1v) is 14.0. The fraction of sp³-hybridized carbons (Fsp3) is 0.161. The van der Waals surface area contributed by atoms with Crippen LogP contribution in [-0.4, -0.2) is 41.0 Å². The quantitative estimate of drug-likeness (QED) is 0.142. The van der Waals surface area contributed by atoms with Gasteiger partial charge in [0.15, 0.2) is 0 Å². The van der Waals surface area contributed by atoms with Gasteiger partial charge in [0.05, 0.1) is 27.1 Å². The van der Waals surface area contributed by atoms with E-state index in [2.05, 4.69) is 4.99 Å². The molecule has 1 heterocycles. The molecule has 0 bridgehead atoms. The van der Waals surface area contributed by atoms with E-state index in [9.17, 15) is 57.5 Å². The molecule has 268 valence electrons. The standard InChI is InChI=1S/C16H8ClF6N.C12H10ClFN2.C3HF5O2/c17-12-7-13-9(5-11(12)8-1-3-10(18)4-2-8)6-14(24-13)15(19,20)16(21,22)23;13-10-6-12(16)11(15)5-9(10)7-1-3-8(14)4-2-7;4-2(5,1(9)10)3(6,7)8/h1-5,7H,6H2;1-6H,15-16H2;(H,9,10). The summed E-state index contributed by atoms with van der Waals surface area (Å²) in [6.07, 6.45) is -12.4. The second kappa shape index (κ2) is 14.7. The minimum atomic E-state index is -6.02. The van der Waals surface area contributed by atoms with Crippen molar-refractivity contribution in [1.82, 2.24) is 0 Å². The highest BCUT2D eigenvalue weighted by atomic mass is 35.5. The van der Waals surface area contributed by atoms with E-state index in [4.69, 9.17) is 39.8 Å². The fourth-order valence-electron chi connectivity index (χ4n) is 3.99. The van der Waals surface area contributed by atoms with Gasteiger partial charge in [-0.3, -0.25) is 4.99 Å². The third-order valence-electron chi connectivity index (χ3n) is 6.61. The molecule has 0 saturated carbocycles. The average molecular weight is 764 g/mol. The summed E-state index contributed by atoms with van der Waals surface area (Å²) in [5.74, 6) is -14.6. The third kappa shape index (κ3) is 8.93. The number of aliphatic carboxylic acids is 1. The molecule has 4 aromatic carbocycles. The number of carboxylic acid groups (broad SMARTS) is 1. The monoisotopic (exact) mass is 763 g/mol. The maximum Gasteiger partial charge on any atom is 0.465 e. The van der Waals surface area contributed by atoms with Crippen molar-refractivity contribution in [3.63, 3.8) is 0 Å². The zero-order chi connectivity index (χ0) is 38.0. The summed E-state index contributed by atoms with van der Waals surface area (Å²) in [4.78, 5) is 12.6. The number of nitrogen functional groups attached to an aromatic ring is 2. The van der Waals surface area contributed by atoms with Gasteiger partial charge in [-0.1, -0.05) is 47.5 Å². The zero-order valence-corrected chi connectivity index (χ0v) is 25.9. The Morgan fingerprint density at radius 3 is 1.48 bits per heavy atom. The van der Waals surface area contributed by atoms with Crippen LogP contribution in [0, 0.1) is 11.6 Å². The molecule has 1 aliphatic heterocycles. The highest BCUT2D eigenvalue weighted by molar-refractivity contribution is 6.34. The van der Waals surface area contributed by atoms with Gasteiger partial charge in [-0.25, -0.2) is 13.6 Å². The smallest absolute Gasteiger partial charge is 0.465 e. The zero-order valence-electron chi connectivity index (χ0n) is 24.4. The molecular weight excluding hydrogens is 745 g/mol. The summed E-state index contributed by atoms with van der Waals surface area (Å²) in [5, 5.41) is 7.93. The summed E-state index contributed by atoms with van der Waals surface area (Å²) in [6.45, 7) is 0. The molecule has 0 unspecified atom stereocenters. The molecule has 5 N–H and O–H groups in total. The number of hydrogen-bond donors (Lipinski definition) is 3. The lowest BCUT2D eigenvalue weighted by molar-refractivity contribution is -0.277. The lowest BCUT2D eigenvalue weighted by Gasteiger charge is -2.19. The Bertz CT molecular complexity index is 1900. The number of anilines is 2. The van der Waals surface area contributed by atoms with Crippen LogP contribution in [0.4, 0.5) is 69.7 Å². The second-order valence-electron chi connectivity index (χ2n) is 10.1. The van der Waals surface area contributed by atoms with Gasteiger partial charge in [-0.15, -0.1) is 0 Å². The van der Waals surface area contributed by atoms with Crippen LogP contribution in [0.15, 0.2) is 77.8 Å². The molecular formula is C31H19Cl2F12N3O2. The number of aliphatic imine (C=N–C) groups is 1. The number of rotatable bonds is 4. The first-order chi connectivity index (χ1) is 22.9. The third-order valence-corrected chi connectivity index (χ3v) is 7.23. The molecule has 1 aliphatic rings. The van der Waals surface area contributed by atoms with E-state index in [1.807, 2.05) is 0 Å². The molecule has 0 aromatic heterocycles. The van der Waals surface area contributed by atoms with Crippen LogP contribution in [0.25, 0.3) is 22.3 Å². The molecule has 0 radical (unpaired) electrons. The Morgan fingerprint density at radius 1 is 0.660 bits per heavy atom. The van der Waals surface area contributed by atoms with E-state index in [1.165, 1.54) is 48.5 Å². The van der Waals surface area contributed by atoms with E-state index in [0.717, 1.165) is 11.1 Å². The predicted molar refractivity (Wildman–Crippen MR) is 163 cm³/mol. The minimum Gasteiger partial charge on any atom is -0.477 e. The Balaban J connectivity index is 0.000000224. The average Bonchev–Trinajstić information content (AvgIpc) is 3.43. The first kappa shape index (κ1) is 39.8. The van der Waals surface area contributed by atoms with E-state index in [0.29, 0.717) is 27.5 Å². The minimum absolute atomic E-state index is 0.0233. The predicted octanol–water partition coefficient (Wildman–Crippen LogP) is 10.6. The molecule has 0 fully saturated rings. The van der Waals surface area contributed by atoms with Gasteiger partial charge in [0.2, 0.25) is 0 Å². The van der Waals surface area contributed by atoms with Crippen LogP contribution in [-0.2, 0) is 11.2 Å². The summed E-state index contributed by atoms with van der Waals surface area (Å²) in [5.41, 5.74) is 13.6. The first-order valence-electron chi connectivity index (χ1n) is 13.3. The van der Waals surface area contributed by atoms with Gasteiger partial charge in [0.25, 0.3) is 0 Å². The number of fused-ring (bicyclic) bond motifs is 1. The van der Waals surface area contributed by atoms with Crippen molar-refractivity contribution in [2.45, 2.75) is 30.6 Å². The number of nitrogens with two attached hydrogens (primary N) is 2. The molecule has 0 saturated heterocycles. The molecule has 5 nitrogen and oxygen atoms in total. The van der Waals surface area contributed by atoms with Gasteiger partial charge in [0, 0.05) is 17.5 Å². The van der Waals surface area contributed by atoms with Crippen molar-refractivity contribution >= 4 is 51.9 Å². The van der Waals surface area contributed by atoms with Gasteiger partial charge >= 0.3 is 30.2 Å². The normalized spacial score (nSPS) is 13.0. The van der Waals surface area contributed by atoms with Crippen LogP contribution >= 0.6 is 23.2 Å². The van der Waals surface area contributed by atoms with E-state index >= 15 is 0 Å². The molecule has 0 spiro atoms. The molecule has 19 heteroatoms. The van der Waals surface area contributed by atoms with Crippen molar-refractivity contribution in [3.05, 3.63) is 100 Å². The SMILES string of the molecule is Fc1ccc(-c2cc3c(cc2Cl)N=C(C(F)(F)C(F)(F)F)C3)cc1.Nc1cc(Cl)c(-c2ccc(F)cc2)cc1N.O=C(O)C(F)(F)C(F)(F)F. The van der Waals surface area contributed by atoms with Gasteiger partial charge in [0.1, 0.15) is 17.3 Å². The molecule has 0 atom stereocenters. The van der Waals surface area contributed by atoms with Crippen molar-refractivity contribution in [3.8, 4) is 22.3 Å². The molecule has 0 amide bonds. The lowest BCUT2D eigenvalue weighted by Crippen LogP contribution is -2.44. The largest absolute Gasteiger partial charge is 0.477 e. The number of hydrogen-bond acceptors (Lipinski definition) is 4. The highest BCUT2D eigenvalue weighted by Gasteiger charge is 2.64. The van der Waals surface area contributed by atoms with Crippen LogP contribution < -0.4 is 11.5 Å². The molecule has 50 heavy (non-hydrogen) atoms. The number of carbonyl (C=O) groups is 1. The summed E-state index contributed by atoms with van der Waals surface area (Å²) in [6, 6.07) is 17.2. The summed E-state index contributed by atoms with van der Waals surface area (Å²) in [7, 11) is 0. The Kier molecular flexibility index (Phi) is 11.7. The molecule has 5 rings (SSSR count). The van der Waals surface area contributed by atoms with Crippen molar-refractivity contribution in [1.29, 1.82) is 0 Å². The number of carboxylic acids is 1. The van der Waals surface area contributed by atoms with Crippen LogP contribution in [0.1, 0.15) is 5.56 Å². The fourth-order valence-corrected chi connectivity index (χ4v) is 4.54. The summed E-state index contributed by atoms with van der Waals surface area (Å²) < 4.78 is 146. The number of benzene rings is 4. The van der Waals surface area contributed by atoms with Gasteiger partial charge < -0.3 is 16.6 Å². The Morgan fingerprint density at radius 2 is 1.08 bits per heavy atom.